The lowest BCUT2D eigenvalue weighted by molar-refractivity contribution is 0.146. The van der Waals surface area contributed by atoms with E-state index in [2.05, 4.69) is 25.7 Å². The molecule has 5 nitrogen and oxygen atoms in total. The molecular weight excluding hydrogens is 310 g/mol. The van der Waals surface area contributed by atoms with Gasteiger partial charge in [-0.3, -0.25) is 0 Å². The molecule has 0 bridgehead atoms. The summed E-state index contributed by atoms with van der Waals surface area (Å²) < 4.78 is 51.9. The Morgan fingerprint density at radius 2 is 2.12 bits per heavy atom. The van der Waals surface area contributed by atoms with Gasteiger partial charge in [0.25, 0.3) is 16.4 Å². The molecular formula is C7H7BrF2N2O3S. The number of halogens is 3. The van der Waals surface area contributed by atoms with E-state index in [0.717, 1.165) is 13.2 Å². The summed E-state index contributed by atoms with van der Waals surface area (Å²) in [5, 5.41) is 4.11. The van der Waals surface area contributed by atoms with E-state index in [1.54, 1.807) is 0 Å². The normalized spacial score (nSPS) is 11.9. The van der Waals surface area contributed by atoms with Gasteiger partial charge in [0.05, 0.1) is 12.7 Å². The van der Waals surface area contributed by atoms with Crippen LogP contribution in [0.15, 0.2) is 15.7 Å². The van der Waals surface area contributed by atoms with Crippen molar-refractivity contribution in [3.8, 4) is 5.75 Å². The average molecular weight is 317 g/mol. The third kappa shape index (κ3) is 2.66. The van der Waals surface area contributed by atoms with E-state index < -0.39 is 32.8 Å². The summed E-state index contributed by atoms with van der Waals surface area (Å²) in [5.41, 5.74) is -0.589. The van der Waals surface area contributed by atoms with Crippen LogP contribution in [-0.2, 0) is 10.0 Å². The molecule has 9 heteroatoms. The van der Waals surface area contributed by atoms with Gasteiger partial charge in [-0.25, -0.2) is 27.3 Å². The molecule has 90 valence electrons. The first-order chi connectivity index (χ1) is 7.27. The molecule has 16 heavy (non-hydrogen) atoms. The lowest BCUT2D eigenvalue weighted by atomic mass is 10.2. The number of primary sulfonamides is 1. The van der Waals surface area contributed by atoms with E-state index in [4.69, 9.17) is 5.14 Å². The Morgan fingerprint density at radius 1 is 1.56 bits per heavy atom. The molecule has 2 N–H and O–H groups in total. The fourth-order valence-electron chi connectivity index (χ4n) is 1.06. The second kappa shape index (κ2) is 4.60. The molecule has 0 radical (unpaired) electrons. The Kier molecular flexibility index (Phi) is 3.81. The van der Waals surface area contributed by atoms with Crippen LogP contribution in [0.1, 0.15) is 12.0 Å². The summed E-state index contributed by atoms with van der Waals surface area (Å²) in [5.74, 6) is -0.541. The van der Waals surface area contributed by atoms with E-state index in [1.165, 1.54) is 0 Å². The largest absolute Gasteiger partial charge is 0.493 e. The van der Waals surface area contributed by atoms with Crippen molar-refractivity contribution in [2.24, 2.45) is 5.14 Å². The van der Waals surface area contributed by atoms with Gasteiger partial charge < -0.3 is 4.74 Å². The molecule has 1 rings (SSSR count). The minimum Gasteiger partial charge on any atom is -0.493 e. The number of pyridine rings is 1. The van der Waals surface area contributed by atoms with E-state index in [9.17, 15) is 17.2 Å². The minimum absolute atomic E-state index is 0.0624. The number of hydrogen-bond donors (Lipinski definition) is 1. The quantitative estimate of drug-likeness (QED) is 0.855. The number of aromatic nitrogens is 1. The van der Waals surface area contributed by atoms with Crippen molar-refractivity contribution >= 4 is 26.0 Å². The Morgan fingerprint density at radius 3 is 2.50 bits per heavy atom. The molecule has 0 spiro atoms. The highest BCUT2D eigenvalue weighted by Gasteiger charge is 2.25. The molecule has 0 aliphatic carbocycles. The Balaban J connectivity index is 3.62. The molecule has 1 aromatic rings. The molecule has 0 atom stereocenters. The van der Waals surface area contributed by atoms with Crippen LogP contribution in [0, 0.1) is 0 Å². The predicted molar refractivity (Wildman–Crippen MR) is 54.8 cm³/mol. The number of rotatable bonds is 3. The number of methoxy groups -OCH3 is 1. The lowest BCUT2D eigenvalue weighted by Crippen LogP contribution is -2.16. The second-order valence-corrected chi connectivity index (χ2v) is 5.01. The maximum absolute atomic E-state index is 12.6. The zero-order chi connectivity index (χ0) is 12.5. The van der Waals surface area contributed by atoms with Gasteiger partial charge >= 0.3 is 0 Å². The van der Waals surface area contributed by atoms with E-state index in [-0.39, 0.29) is 4.60 Å². The van der Waals surface area contributed by atoms with E-state index in [0.29, 0.717) is 0 Å². The summed E-state index contributed by atoms with van der Waals surface area (Å²) in [4.78, 5) is 3.50. The van der Waals surface area contributed by atoms with Crippen LogP contribution in [0.25, 0.3) is 0 Å². The molecule has 0 saturated heterocycles. The average Bonchev–Trinajstić information content (AvgIpc) is 2.14. The van der Waals surface area contributed by atoms with Crippen LogP contribution in [0.2, 0.25) is 0 Å². The maximum atomic E-state index is 12.6. The molecule has 0 aliphatic heterocycles. The van der Waals surface area contributed by atoms with Crippen molar-refractivity contribution in [2.45, 2.75) is 11.5 Å². The third-order valence-electron chi connectivity index (χ3n) is 1.65. The number of nitrogens with two attached hydrogens (primary N) is 1. The van der Waals surface area contributed by atoms with Gasteiger partial charge in [-0.05, 0) is 22.0 Å². The van der Waals surface area contributed by atoms with Crippen LogP contribution in [0.4, 0.5) is 8.78 Å². The molecule has 0 saturated carbocycles. The highest BCUT2D eigenvalue weighted by atomic mass is 79.9. The number of sulfonamides is 1. The topological polar surface area (TPSA) is 82.3 Å². The van der Waals surface area contributed by atoms with Crippen LogP contribution in [-0.4, -0.2) is 20.5 Å². The van der Waals surface area contributed by atoms with Gasteiger partial charge in [-0.15, -0.1) is 0 Å². The highest BCUT2D eigenvalue weighted by molar-refractivity contribution is 9.10. The molecule has 1 heterocycles. The first kappa shape index (κ1) is 13.3. The second-order valence-electron chi connectivity index (χ2n) is 2.72. The van der Waals surface area contributed by atoms with Gasteiger partial charge in [0.2, 0.25) is 5.03 Å². The Bertz CT molecular complexity index is 507. The van der Waals surface area contributed by atoms with Crippen molar-refractivity contribution in [3.05, 3.63) is 16.2 Å². The zero-order valence-electron chi connectivity index (χ0n) is 7.95. The summed E-state index contributed by atoms with van der Waals surface area (Å²) in [7, 11) is -3.16. The van der Waals surface area contributed by atoms with E-state index in [1.807, 2.05) is 0 Å². The van der Waals surface area contributed by atoms with Gasteiger partial charge in [-0.1, -0.05) is 0 Å². The first-order valence-electron chi connectivity index (χ1n) is 3.82. The fraction of sp³-hybridized carbons (Fsp3) is 0.286. The molecule has 0 amide bonds. The smallest absolute Gasteiger partial charge is 0.267 e. The minimum atomic E-state index is -4.22. The van der Waals surface area contributed by atoms with Gasteiger partial charge in [0.15, 0.2) is 5.75 Å². The maximum Gasteiger partial charge on any atom is 0.267 e. The summed E-state index contributed by atoms with van der Waals surface area (Å²) in [6.45, 7) is 0. The SMILES string of the molecule is COc1c(C(F)F)cc(Br)nc1S(N)(=O)=O. The molecule has 0 unspecified atom stereocenters. The molecule has 0 aromatic carbocycles. The number of hydrogen-bond acceptors (Lipinski definition) is 4. The fourth-order valence-corrected chi connectivity index (χ4v) is 2.28. The van der Waals surface area contributed by atoms with Crippen molar-refractivity contribution < 1.29 is 21.9 Å². The highest BCUT2D eigenvalue weighted by Crippen LogP contribution is 2.34. The number of ether oxygens (including phenoxy) is 1. The van der Waals surface area contributed by atoms with Crippen LogP contribution >= 0.6 is 15.9 Å². The van der Waals surface area contributed by atoms with Crippen molar-refractivity contribution in [2.75, 3.05) is 7.11 Å². The third-order valence-corrected chi connectivity index (χ3v) is 2.87. The Hall–Kier alpha value is -0.800. The summed E-state index contributed by atoms with van der Waals surface area (Å²) >= 11 is 2.82. The van der Waals surface area contributed by atoms with Gasteiger partial charge in [0.1, 0.15) is 4.60 Å². The molecule has 0 aliphatic rings. The van der Waals surface area contributed by atoms with Crippen molar-refractivity contribution in [1.29, 1.82) is 0 Å². The summed E-state index contributed by atoms with van der Waals surface area (Å²) in [6, 6.07) is 0.970. The van der Waals surface area contributed by atoms with Crippen LogP contribution in [0.5, 0.6) is 5.75 Å². The standard InChI is InChI=1S/C7H7BrF2N2O3S/c1-15-5-3(6(9)10)2-4(8)12-7(5)16(11,13)14/h2,6H,1H3,(H2,11,13,14). The predicted octanol–water partition coefficient (Wildman–Crippen LogP) is 1.44. The van der Waals surface area contributed by atoms with Crippen molar-refractivity contribution in [3.63, 3.8) is 0 Å². The van der Waals surface area contributed by atoms with Crippen LogP contribution < -0.4 is 9.88 Å². The summed E-state index contributed by atoms with van der Waals surface area (Å²) in [6.07, 6.45) is -2.89. The zero-order valence-corrected chi connectivity index (χ0v) is 10.3. The lowest BCUT2D eigenvalue weighted by Gasteiger charge is -2.11. The molecule has 1 aromatic heterocycles. The molecule has 0 fully saturated rings. The van der Waals surface area contributed by atoms with E-state index >= 15 is 0 Å². The van der Waals surface area contributed by atoms with Gasteiger partial charge in [-0.2, -0.15) is 0 Å². The van der Waals surface area contributed by atoms with Gasteiger partial charge in [0, 0.05) is 0 Å². The monoisotopic (exact) mass is 316 g/mol. The van der Waals surface area contributed by atoms with Crippen LogP contribution in [0.3, 0.4) is 0 Å². The number of alkyl halides is 2. The first-order valence-corrected chi connectivity index (χ1v) is 6.16. The number of nitrogens with zero attached hydrogens (tertiary/aromatic N) is 1. The van der Waals surface area contributed by atoms with Crippen molar-refractivity contribution in [1.82, 2.24) is 4.98 Å². The Labute approximate surface area is 98.8 Å².